The molecule has 0 aliphatic carbocycles. The number of carbonyl (C=O) groups is 2. The molecule has 0 aliphatic rings. The molecule has 0 bridgehead atoms. The number of aromatic nitrogens is 2. The van der Waals surface area contributed by atoms with E-state index in [9.17, 15) is 14.0 Å². The minimum absolute atomic E-state index is 0.000880. The molecule has 0 spiro atoms. The van der Waals surface area contributed by atoms with Crippen LogP contribution in [0.2, 0.25) is 0 Å². The first-order chi connectivity index (χ1) is 16.9. The number of nitrogens with one attached hydrogen (secondary N) is 1. The van der Waals surface area contributed by atoms with Crippen molar-refractivity contribution in [1.82, 2.24) is 14.5 Å². The molecular formula is C27H27FN4O2S. The maximum atomic E-state index is 13.8. The topological polar surface area (TPSA) is 67.2 Å². The first-order valence-corrected chi connectivity index (χ1v) is 12.3. The lowest BCUT2D eigenvalue weighted by molar-refractivity contribution is 0.0739. The van der Waals surface area contributed by atoms with Crippen LogP contribution in [0.5, 0.6) is 0 Å². The molecule has 0 atom stereocenters. The minimum atomic E-state index is -0.495. The molecule has 0 radical (unpaired) electrons. The molecule has 4 aromatic rings. The second-order valence-electron chi connectivity index (χ2n) is 8.28. The predicted molar refractivity (Wildman–Crippen MR) is 136 cm³/mol. The molecule has 1 N–H and O–H groups in total. The van der Waals surface area contributed by atoms with E-state index in [1.54, 1.807) is 17.5 Å². The van der Waals surface area contributed by atoms with E-state index in [0.717, 1.165) is 22.7 Å². The van der Waals surface area contributed by atoms with Crippen LogP contribution >= 0.6 is 11.3 Å². The Morgan fingerprint density at radius 1 is 1.09 bits per heavy atom. The Labute approximate surface area is 208 Å². The van der Waals surface area contributed by atoms with Gasteiger partial charge in [0.1, 0.15) is 16.5 Å². The molecule has 0 fully saturated rings. The van der Waals surface area contributed by atoms with Crippen molar-refractivity contribution in [3.05, 3.63) is 106 Å². The van der Waals surface area contributed by atoms with Crippen LogP contribution in [-0.2, 0) is 13.1 Å². The van der Waals surface area contributed by atoms with Gasteiger partial charge in [0.05, 0.1) is 18.8 Å². The Hall–Kier alpha value is -3.78. The van der Waals surface area contributed by atoms with Gasteiger partial charge < -0.3 is 14.8 Å². The molecule has 0 saturated carbocycles. The maximum Gasteiger partial charge on any atom is 0.275 e. The van der Waals surface area contributed by atoms with Gasteiger partial charge in [-0.05, 0) is 49.7 Å². The molecule has 6 nitrogen and oxygen atoms in total. The molecule has 2 heterocycles. The number of rotatable bonds is 9. The number of amides is 2. The summed E-state index contributed by atoms with van der Waals surface area (Å²) in [7, 11) is 0. The highest BCUT2D eigenvalue weighted by atomic mass is 32.1. The average Bonchev–Trinajstić information content (AvgIpc) is 3.50. The molecule has 2 aromatic carbocycles. The maximum absolute atomic E-state index is 13.8. The van der Waals surface area contributed by atoms with Crippen molar-refractivity contribution in [1.29, 1.82) is 0 Å². The molecule has 4 rings (SSSR count). The van der Waals surface area contributed by atoms with Crippen LogP contribution < -0.4 is 5.32 Å². The quantitative estimate of drug-likeness (QED) is 0.325. The number of nitrogens with zero attached hydrogens (tertiary/aromatic N) is 3. The summed E-state index contributed by atoms with van der Waals surface area (Å²) in [4.78, 5) is 31.9. The van der Waals surface area contributed by atoms with Crippen LogP contribution in [0.3, 0.4) is 0 Å². The SMILES string of the molecule is CCCN(Cc1cccn1Cc1nc(C(=O)Nc2ccccc2F)cs1)C(=O)c1ccc(C)cc1. The Bertz CT molecular complexity index is 1310. The summed E-state index contributed by atoms with van der Waals surface area (Å²) >= 11 is 1.37. The molecule has 180 valence electrons. The molecular weight excluding hydrogens is 463 g/mol. The van der Waals surface area contributed by atoms with Crippen LogP contribution in [0.15, 0.2) is 72.2 Å². The Balaban J connectivity index is 1.45. The monoisotopic (exact) mass is 490 g/mol. The van der Waals surface area contributed by atoms with Crippen molar-refractivity contribution >= 4 is 28.8 Å². The van der Waals surface area contributed by atoms with Crippen LogP contribution in [-0.4, -0.2) is 32.8 Å². The highest BCUT2D eigenvalue weighted by Gasteiger charge is 2.18. The van der Waals surface area contributed by atoms with E-state index in [1.165, 1.54) is 23.5 Å². The highest BCUT2D eigenvalue weighted by molar-refractivity contribution is 7.09. The first-order valence-electron chi connectivity index (χ1n) is 11.4. The number of benzene rings is 2. The standard InChI is InChI=1S/C27H27FN4O2S/c1-3-14-32(27(34)20-12-10-19(2)11-13-20)16-21-7-6-15-31(21)17-25-29-24(18-35-25)26(33)30-23-9-5-4-8-22(23)28/h4-13,15,18H,3,14,16-17H2,1-2H3,(H,30,33). The zero-order valence-electron chi connectivity index (χ0n) is 19.7. The van der Waals surface area contributed by atoms with Crippen molar-refractivity contribution in [2.75, 3.05) is 11.9 Å². The molecule has 0 saturated heterocycles. The number of aryl methyl sites for hydroxylation is 1. The van der Waals surface area contributed by atoms with Crippen molar-refractivity contribution in [3.8, 4) is 0 Å². The van der Waals surface area contributed by atoms with Crippen LogP contribution in [0.25, 0.3) is 0 Å². The number of hydrogen-bond donors (Lipinski definition) is 1. The number of anilines is 1. The Morgan fingerprint density at radius 2 is 1.86 bits per heavy atom. The van der Waals surface area contributed by atoms with E-state index in [4.69, 9.17) is 0 Å². The minimum Gasteiger partial charge on any atom is -0.343 e. The third kappa shape index (κ3) is 6.02. The predicted octanol–water partition coefficient (Wildman–Crippen LogP) is 5.75. The summed E-state index contributed by atoms with van der Waals surface area (Å²) in [5.41, 5.74) is 3.13. The van der Waals surface area contributed by atoms with Gasteiger partial charge in [-0.3, -0.25) is 9.59 Å². The largest absolute Gasteiger partial charge is 0.343 e. The van der Waals surface area contributed by atoms with Gasteiger partial charge in [0.25, 0.3) is 11.8 Å². The second-order valence-corrected chi connectivity index (χ2v) is 9.22. The van der Waals surface area contributed by atoms with Gasteiger partial charge in [-0.15, -0.1) is 11.3 Å². The summed E-state index contributed by atoms with van der Waals surface area (Å²) < 4.78 is 15.9. The second kappa shape index (κ2) is 11.1. The van der Waals surface area contributed by atoms with Gasteiger partial charge >= 0.3 is 0 Å². The molecule has 2 amide bonds. The normalized spacial score (nSPS) is 10.8. The van der Waals surface area contributed by atoms with E-state index in [0.29, 0.717) is 25.2 Å². The summed E-state index contributed by atoms with van der Waals surface area (Å²) in [5.74, 6) is -0.950. The number of para-hydroxylation sites is 1. The molecule has 8 heteroatoms. The van der Waals surface area contributed by atoms with Crippen molar-refractivity contribution < 1.29 is 14.0 Å². The smallest absolute Gasteiger partial charge is 0.275 e. The first kappa shape index (κ1) is 24.3. The fraction of sp³-hybridized carbons (Fsp3) is 0.222. The molecule has 35 heavy (non-hydrogen) atoms. The van der Waals surface area contributed by atoms with Gasteiger partial charge in [0.15, 0.2) is 0 Å². The van der Waals surface area contributed by atoms with Gasteiger partial charge in [0.2, 0.25) is 0 Å². The van der Waals surface area contributed by atoms with E-state index in [1.807, 2.05) is 59.0 Å². The fourth-order valence-electron chi connectivity index (χ4n) is 3.73. The van der Waals surface area contributed by atoms with Crippen LogP contribution in [0, 0.1) is 12.7 Å². The van der Waals surface area contributed by atoms with E-state index < -0.39 is 11.7 Å². The van der Waals surface area contributed by atoms with Crippen molar-refractivity contribution in [2.24, 2.45) is 0 Å². The summed E-state index contributed by atoms with van der Waals surface area (Å²) in [5, 5.41) is 4.97. The Kier molecular flexibility index (Phi) is 7.72. The fourth-order valence-corrected chi connectivity index (χ4v) is 4.50. The summed E-state index contributed by atoms with van der Waals surface area (Å²) in [6.45, 7) is 5.64. The summed E-state index contributed by atoms with van der Waals surface area (Å²) in [6.07, 6.45) is 2.79. The highest BCUT2D eigenvalue weighted by Crippen LogP contribution is 2.18. The van der Waals surface area contributed by atoms with Crippen LogP contribution in [0.1, 0.15) is 50.5 Å². The molecule has 2 aromatic heterocycles. The lowest BCUT2D eigenvalue weighted by Crippen LogP contribution is -2.32. The third-order valence-corrected chi connectivity index (χ3v) is 6.40. The third-order valence-electron chi connectivity index (χ3n) is 5.57. The summed E-state index contributed by atoms with van der Waals surface area (Å²) in [6, 6.07) is 17.6. The lowest BCUT2D eigenvalue weighted by atomic mass is 10.1. The Morgan fingerprint density at radius 3 is 2.60 bits per heavy atom. The number of halogens is 1. The number of thiazole rings is 1. The number of carbonyl (C=O) groups excluding carboxylic acids is 2. The zero-order valence-corrected chi connectivity index (χ0v) is 20.5. The zero-order chi connectivity index (χ0) is 24.8. The number of hydrogen-bond acceptors (Lipinski definition) is 4. The van der Waals surface area contributed by atoms with Gasteiger partial charge in [-0.1, -0.05) is 36.8 Å². The van der Waals surface area contributed by atoms with E-state index in [2.05, 4.69) is 17.2 Å². The van der Waals surface area contributed by atoms with E-state index >= 15 is 0 Å². The van der Waals surface area contributed by atoms with E-state index in [-0.39, 0.29) is 17.3 Å². The molecule has 0 unspecified atom stereocenters. The van der Waals surface area contributed by atoms with Crippen LogP contribution in [0.4, 0.5) is 10.1 Å². The molecule has 0 aliphatic heterocycles. The van der Waals surface area contributed by atoms with Gasteiger partial charge in [-0.2, -0.15) is 0 Å². The average molecular weight is 491 g/mol. The van der Waals surface area contributed by atoms with Gasteiger partial charge in [-0.25, -0.2) is 9.37 Å². The van der Waals surface area contributed by atoms with Crippen molar-refractivity contribution in [2.45, 2.75) is 33.4 Å². The van der Waals surface area contributed by atoms with Crippen molar-refractivity contribution in [3.63, 3.8) is 0 Å². The lowest BCUT2D eigenvalue weighted by Gasteiger charge is -2.23. The van der Waals surface area contributed by atoms with Gasteiger partial charge in [0, 0.05) is 29.4 Å².